The molecule has 492 valence electrons. The maximum atomic E-state index is 12.9. The Bertz CT molecular complexity index is 1900. The number of phosphoric ester groups is 2. The second-order valence-corrected chi connectivity index (χ2v) is 24.8. The molecule has 0 amide bonds. The van der Waals surface area contributed by atoms with Crippen LogP contribution in [-0.4, -0.2) is 95.9 Å². The van der Waals surface area contributed by atoms with E-state index in [4.69, 9.17) is 32.3 Å². The topological polar surface area (TPSA) is 231 Å². The summed E-state index contributed by atoms with van der Waals surface area (Å²) in [7, 11) is -9.77. The van der Waals surface area contributed by atoms with Crippen LogP contribution in [0.5, 0.6) is 0 Å². The van der Waals surface area contributed by atoms with Crippen molar-refractivity contribution in [2.45, 2.75) is 283 Å². The number of aliphatic hydroxyl groups is 2. The summed E-state index contributed by atoms with van der Waals surface area (Å²) in [4.78, 5) is 58.3. The van der Waals surface area contributed by atoms with Crippen molar-refractivity contribution >= 4 is 33.6 Å². The minimum Gasteiger partial charge on any atom is -0.463 e. The van der Waals surface area contributed by atoms with Gasteiger partial charge in [0.2, 0.25) is 0 Å². The van der Waals surface area contributed by atoms with Crippen molar-refractivity contribution in [1.29, 1.82) is 0 Å². The number of carbonyl (C=O) groups excluding carboxylic acids is 3. The van der Waals surface area contributed by atoms with Gasteiger partial charge in [0, 0.05) is 19.3 Å². The van der Waals surface area contributed by atoms with E-state index in [1.54, 1.807) is 0 Å². The number of phosphoric acid groups is 2. The fraction of sp³-hybridized carbons (Fsp3) is 0.746. The summed E-state index contributed by atoms with van der Waals surface area (Å²) in [5.41, 5.74) is 0. The zero-order valence-electron chi connectivity index (χ0n) is 53.0. The van der Waals surface area contributed by atoms with Gasteiger partial charge >= 0.3 is 33.6 Å². The van der Waals surface area contributed by atoms with Crippen LogP contribution in [0.15, 0.2) is 85.1 Å². The molecule has 0 aliphatic rings. The zero-order chi connectivity index (χ0) is 62.4. The molecule has 0 aromatic rings. The summed E-state index contributed by atoms with van der Waals surface area (Å²) < 4.78 is 60.8. The number of hydrogen-bond acceptors (Lipinski definition) is 14. The predicted molar refractivity (Wildman–Crippen MR) is 344 cm³/mol. The highest BCUT2D eigenvalue weighted by Crippen LogP contribution is 2.45. The van der Waals surface area contributed by atoms with Gasteiger partial charge in [0.25, 0.3) is 0 Å². The normalized spacial score (nSPS) is 14.9. The summed E-state index contributed by atoms with van der Waals surface area (Å²) in [6.45, 7) is 2.49. The Hall–Kier alpha value is -3.27. The van der Waals surface area contributed by atoms with E-state index in [-0.39, 0.29) is 19.3 Å². The Morgan fingerprint density at radius 3 is 1.01 bits per heavy atom. The molecule has 5 atom stereocenters. The minimum atomic E-state index is -4.92. The quantitative estimate of drug-likeness (QED) is 0.0146. The van der Waals surface area contributed by atoms with Crippen molar-refractivity contribution < 1.29 is 75.8 Å². The van der Waals surface area contributed by atoms with Gasteiger partial charge in [-0.1, -0.05) is 234 Å². The van der Waals surface area contributed by atoms with Gasteiger partial charge in [-0.3, -0.25) is 32.5 Å². The highest BCUT2D eigenvalue weighted by molar-refractivity contribution is 7.47. The first kappa shape index (κ1) is 81.7. The van der Waals surface area contributed by atoms with Gasteiger partial charge in [-0.25, -0.2) is 9.13 Å². The second-order valence-electron chi connectivity index (χ2n) is 21.9. The molecule has 0 fully saturated rings. The number of esters is 3. The van der Waals surface area contributed by atoms with Gasteiger partial charge in [-0.2, -0.15) is 0 Å². The van der Waals surface area contributed by atoms with E-state index in [9.17, 15) is 43.5 Å². The fourth-order valence-electron chi connectivity index (χ4n) is 8.57. The molecule has 0 saturated carbocycles. The molecule has 0 spiro atoms. The lowest BCUT2D eigenvalue weighted by atomic mass is 10.0. The van der Waals surface area contributed by atoms with Crippen molar-refractivity contribution in [1.82, 2.24) is 0 Å². The molecular weight excluding hydrogens is 1120 g/mol. The van der Waals surface area contributed by atoms with Crippen molar-refractivity contribution in [3.8, 4) is 0 Å². The second kappa shape index (κ2) is 61.0. The number of allylic oxidation sites excluding steroid dienone is 14. The number of hydrogen-bond donors (Lipinski definition) is 4. The number of aliphatic hydroxyl groups excluding tert-OH is 2. The van der Waals surface area contributed by atoms with E-state index in [1.807, 2.05) is 0 Å². The van der Waals surface area contributed by atoms with E-state index in [2.05, 4.69) is 106 Å². The predicted octanol–water partition coefficient (Wildman–Crippen LogP) is 17.8. The first-order valence-corrected chi connectivity index (χ1v) is 35.9. The van der Waals surface area contributed by atoms with E-state index in [0.29, 0.717) is 19.3 Å². The molecule has 0 bridgehead atoms. The molecule has 0 rings (SSSR count). The van der Waals surface area contributed by atoms with Crippen LogP contribution in [-0.2, 0) is 55.8 Å². The molecule has 0 aromatic carbocycles. The molecule has 0 aromatic heterocycles. The van der Waals surface area contributed by atoms with Gasteiger partial charge in [0.1, 0.15) is 25.4 Å². The highest BCUT2D eigenvalue weighted by atomic mass is 31.2. The van der Waals surface area contributed by atoms with Gasteiger partial charge in [0.15, 0.2) is 6.10 Å². The molecule has 18 heteroatoms. The third-order valence-electron chi connectivity index (χ3n) is 13.6. The molecule has 5 unspecified atom stereocenters. The largest absolute Gasteiger partial charge is 0.472 e. The number of rotatable bonds is 62. The van der Waals surface area contributed by atoms with Gasteiger partial charge in [-0.15, -0.1) is 0 Å². The molecule has 0 heterocycles. The first-order chi connectivity index (χ1) is 41.2. The van der Waals surface area contributed by atoms with Crippen molar-refractivity contribution in [2.24, 2.45) is 0 Å². The van der Waals surface area contributed by atoms with Gasteiger partial charge in [0.05, 0.1) is 26.4 Å². The van der Waals surface area contributed by atoms with E-state index >= 15 is 0 Å². The van der Waals surface area contributed by atoms with Crippen LogP contribution in [0.4, 0.5) is 0 Å². The average molecular weight is 1240 g/mol. The lowest BCUT2D eigenvalue weighted by Crippen LogP contribution is -2.30. The third-order valence-corrected chi connectivity index (χ3v) is 15.5. The lowest BCUT2D eigenvalue weighted by Gasteiger charge is -2.21. The molecule has 4 N–H and O–H groups in total. The Kier molecular flexibility index (Phi) is 58.6. The fourth-order valence-corrected chi connectivity index (χ4v) is 10.2. The maximum Gasteiger partial charge on any atom is 0.472 e. The van der Waals surface area contributed by atoms with Crippen LogP contribution in [0.1, 0.15) is 265 Å². The SMILES string of the molecule is CC/C=C\C/C=C\C/C=C\C/C=C\CCCCCCC(=O)OCC(COP(=O)(O)OCC(O)COP(=O)(O)OCC(O)COC(=O)CCCCCCCC/C=C\C/C=C\C/C=C\CCCCC)OC(=O)CCCCCCCCCCCCCCC. The molecule has 16 nitrogen and oxygen atoms in total. The number of unbranched alkanes of at least 4 members (excludes halogenated alkanes) is 25. The Balaban J connectivity index is 4.67. The van der Waals surface area contributed by atoms with Crippen LogP contribution in [0.3, 0.4) is 0 Å². The number of ether oxygens (including phenoxy) is 3. The van der Waals surface area contributed by atoms with Gasteiger partial charge in [-0.05, 0) is 96.3 Å². The molecule has 0 aliphatic carbocycles. The lowest BCUT2D eigenvalue weighted by molar-refractivity contribution is -0.161. The van der Waals surface area contributed by atoms with Crippen LogP contribution >= 0.6 is 15.6 Å². The zero-order valence-corrected chi connectivity index (χ0v) is 54.8. The Morgan fingerprint density at radius 2 is 0.624 bits per heavy atom. The third kappa shape index (κ3) is 62.1. The van der Waals surface area contributed by atoms with Crippen molar-refractivity contribution in [3.05, 3.63) is 85.1 Å². The smallest absolute Gasteiger partial charge is 0.463 e. The first-order valence-electron chi connectivity index (χ1n) is 32.9. The van der Waals surface area contributed by atoms with Crippen LogP contribution in [0, 0.1) is 0 Å². The summed E-state index contributed by atoms with van der Waals surface area (Å²) >= 11 is 0. The molecular formula is C67H118O16P2. The van der Waals surface area contributed by atoms with Gasteiger partial charge < -0.3 is 34.2 Å². The van der Waals surface area contributed by atoms with Crippen molar-refractivity contribution in [3.63, 3.8) is 0 Å². The van der Waals surface area contributed by atoms with E-state index in [1.165, 1.54) is 77.0 Å². The number of carbonyl (C=O) groups is 3. The van der Waals surface area contributed by atoms with Crippen molar-refractivity contribution in [2.75, 3.05) is 39.6 Å². The van der Waals surface area contributed by atoms with E-state index in [0.717, 1.165) is 128 Å². The summed E-state index contributed by atoms with van der Waals surface area (Å²) in [5.74, 6) is -1.61. The molecule has 0 radical (unpaired) electrons. The Morgan fingerprint density at radius 1 is 0.341 bits per heavy atom. The highest BCUT2D eigenvalue weighted by Gasteiger charge is 2.29. The monoisotopic (exact) mass is 1240 g/mol. The molecule has 0 aliphatic heterocycles. The minimum absolute atomic E-state index is 0.101. The maximum absolute atomic E-state index is 12.9. The van der Waals surface area contributed by atoms with Crippen LogP contribution in [0.2, 0.25) is 0 Å². The summed E-state index contributed by atoms with van der Waals surface area (Å²) in [6, 6.07) is 0. The van der Waals surface area contributed by atoms with Crippen LogP contribution < -0.4 is 0 Å². The molecule has 85 heavy (non-hydrogen) atoms. The molecule has 0 saturated heterocycles. The summed E-state index contributed by atoms with van der Waals surface area (Å²) in [5, 5.41) is 20.5. The van der Waals surface area contributed by atoms with Crippen LogP contribution in [0.25, 0.3) is 0 Å². The standard InChI is InChI=1S/C67H118O16P2/c1-4-7-10-13-16-19-22-25-27-29-30-32-34-36-38-41-44-47-50-53-65(70)77-56-62(68)57-79-84(73,74)80-58-63(69)59-81-85(75,76)82-61-64(83-67(72)55-52-49-46-43-40-35-24-21-18-15-12-9-6-3)60-78-66(71)54-51-48-45-42-39-37-33-31-28-26-23-20-17-14-11-8-5-2/h8,11,16-17,19-20,25-28,30,32-33,37,62-64,68-69H,4-7,9-10,12-15,18,21-24,29,31,34-36,38-61H2,1-3H3,(H,73,74)(H,75,76)/b11-8-,19-16-,20-17-,27-25-,28-26-,32-30-,37-33-. The summed E-state index contributed by atoms with van der Waals surface area (Å²) in [6.07, 6.45) is 63.5. The van der Waals surface area contributed by atoms with E-state index < -0.39 is 91.5 Å². The Labute approximate surface area is 515 Å². The average Bonchev–Trinajstić information content (AvgIpc) is 3.51.